The van der Waals surface area contributed by atoms with Gasteiger partial charge in [-0.2, -0.15) is 0 Å². The minimum atomic E-state index is -0.650. The third-order valence-electron chi connectivity index (χ3n) is 4.42. The molecule has 0 amide bonds. The molecule has 136 valence electrons. The van der Waals surface area contributed by atoms with Crippen molar-refractivity contribution in [1.82, 2.24) is 18.7 Å². The minimum absolute atomic E-state index is 0.164. The molecule has 8 nitrogen and oxygen atoms in total. The standard InChI is InChI=1S/C18H20N4O4/c1-5-26-13-8-6-12(7-9-13)15(23)11(2)22-10-19-16-14(22)17(24)21(4)18(25)20(16)3/h6-11H,5H2,1-4H3. The maximum Gasteiger partial charge on any atom is 0.332 e. The molecule has 2 heterocycles. The second-order valence-electron chi connectivity index (χ2n) is 6.03. The van der Waals surface area contributed by atoms with Crippen LogP contribution < -0.4 is 16.0 Å². The van der Waals surface area contributed by atoms with E-state index in [1.54, 1.807) is 38.2 Å². The molecule has 0 aliphatic carbocycles. The number of rotatable bonds is 5. The zero-order valence-corrected chi connectivity index (χ0v) is 15.1. The van der Waals surface area contributed by atoms with Gasteiger partial charge in [-0.15, -0.1) is 0 Å². The van der Waals surface area contributed by atoms with Crippen LogP contribution in [0.1, 0.15) is 30.2 Å². The van der Waals surface area contributed by atoms with Gasteiger partial charge in [-0.25, -0.2) is 9.78 Å². The Morgan fingerprint density at radius 2 is 1.81 bits per heavy atom. The van der Waals surface area contributed by atoms with Crippen molar-refractivity contribution in [2.24, 2.45) is 14.1 Å². The van der Waals surface area contributed by atoms with Crippen LogP contribution in [-0.4, -0.2) is 31.1 Å². The van der Waals surface area contributed by atoms with Crippen LogP contribution in [0.5, 0.6) is 5.75 Å². The van der Waals surface area contributed by atoms with Crippen molar-refractivity contribution in [2.75, 3.05) is 6.61 Å². The topological polar surface area (TPSA) is 88.1 Å². The summed E-state index contributed by atoms with van der Waals surface area (Å²) in [5.41, 5.74) is 0.0421. The van der Waals surface area contributed by atoms with E-state index in [-0.39, 0.29) is 16.9 Å². The first kappa shape index (κ1) is 17.7. The molecule has 0 N–H and O–H groups in total. The van der Waals surface area contributed by atoms with Crippen molar-refractivity contribution in [2.45, 2.75) is 19.9 Å². The molecule has 0 aliphatic rings. The van der Waals surface area contributed by atoms with Crippen molar-refractivity contribution in [1.29, 1.82) is 0 Å². The van der Waals surface area contributed by atoms with E-state index in [9.17, 15) is 14.4 Å². The number of benzene rings is 1. The second kappa shape index (κ2) is 6.62. The van der Waals surface area contributed by atoms with Crippen LogP contribution in [0.25, 0.3) is 11.2 Å². The van der Waals surface area contributed by atoms with Gasteiger partial charge in [0.15, 0.2) is 16.9 Å². The zero-order valence-electron chi connectivity index (χ0n) is 15.1. The summed E-state index contributed by atoms with van der Waals surface area (Å²) in [5, 5.41) is 0. The first-order valence-electron chi connectivity index (χ1n) is 8.26. The summed E-state index contributed by atoms with van der Waals surface area (Å²) in [6.07, 6.45) is 1.42. The van der Waals surface area contributed by atoms with Crippen molar-refractivity contribution in [3.63, 3.8) is 0 Å². The summed E-state index contributed by atoms with van der Waals surface area (Å²) < 4.78 is 9.19. The summed E-state index contributed by atoms with van der Waals surface area (Å²) in [4.78, 5) is 41.5. The first-order valence-corrected chi connectivity index (χ1v) is 8.26. The lowest BCUT2D eigenvalue weighted by molar-refractivity contribution is 0.0936. The highest BCUT2D eigenvalue weighted by atomic mass is 16.5. The molecule has 0 aliphatic heterocycles. The SMILES string of the molecule is CCOc1ccc(C(=O)C(C)n2cnc3c2c(=O)n(C)c(=O)n3C)cc1. The largest absolute Gasteiger partial charge is 0.494 e. The maximum absolute atomic E-state index is 12.8. The van der Waals surface area contributed by atoms with Crippen molar-refractivity contribution in [3.8, 4) is 5.75 Å². The Morgan fingerprint density at radius 3 is 2.42 bits per heavy atom. The highest BCUT2D eigenvalue weighted by molar-refractivity contribution is 5.99. The first-order chi connectivity index (χ1) is 12.4. The Kier molecular flexibility index (Phi) is 4.50. The van der Waals surface area contributed by atoms with Gasteiger partial charge in [0.25, 0.3) is 5.56 Å². The molecule has 3 rings (SSSR count). The van der Waals surface area contributed by atoms with Crippen molar-refractivity contribution in [3.05, 3.63) is 57.0 Å². The van der Waals surface area contributed by atoms with Crippen LogP contribution in [0.15, 0.2) is 40.2 Å². The highest BCUT2D eigenvalue weighted by Crippen LogP contribution is 2.20. The molecular weight excluding hydrogens is 336 g/mol. The van der Waals surface area contributed by atoms with E-state index in [1.807, 2.05) is 6.92 Å². The number of hydrogen-bond acceptors (Lipinski definition) is 5. The fourth-order valence-electron chi connectivity index (χ4n) is 2.91. The Bertz CT molecular complexity index is 1090. The van der Waals surface area contributed by atoms with Gasteiger partial charge in [0, 0.05) is 19.7 Å². The smallest absolute Gasteiger partial charge is 0.332 e. The molecule has 0 saturated heterocycles. The Morgan fingerprint density at radius 1 is 1.15 bits per heavy atom. The third-order valence-corrected chi connectivity index (χ3v) is 4.42. The molecule has 1 atom stereocenters. The fourth-order valence-corrected chi connectivity index (χ4v) is 2.91. The van der Waals surface area contributed by atoms with Crippen LogP contribution in [0.2, 0.25) is 0 Å². The molecular formula is C18H20N4O4. The number of hydrogen-bond donors (Lipinski definition) is 0. The predicted molar refractivity (Wildman–Crippen MR) is 96.9 cm³/mol. The molecule has 26 heavy (non-hydrogen) atoms. The van der Waals surface area contributed by atoms with Gasteiger partial charge in [0.2, 0.25) is 0 Å². The molecule has 2 aromatic heterocycles. The summed E-state index contributed by atoms with van der Waals surface area (Å²) >= 11 is 0. The lowest BCUT2D eigenvalue weighted by atomic mass is 10.1. The van der Waals surface area contributed by atoms with E-state index in [1.165, 1.54) is 22.5 Å². The molecule has 0 fully saturated rings. The number of aromatic nitrogens is 4. The predicted octanol–water partition coefficient (Wildman–Crippen LogP) is 1.28. The van der Waals surface area contributed by atoms with Gasteiger partial charge in [-0.05, 0) is 38.1 Å². The summed E-state index contributed by atoms with van der Waals surface area (Å²) in [6.45, 7) is 4.14. The number of fused-ring (bicyclic) bond motifs is 1. The van der Waals surface area contributed by atoms with Gasteiger partial charge in [-0.1, -0.05) is 0 Å². The van der Waals surface area contributed by atoms with Gasteiger partial charge >= 0.3 is 5.69 Å². The molecule has 1 unspecified atom stereocenters. The summed E-state index contributed by atoms with van der Waals surface area (Å²) in [5.74, 6) is 0.525. The number of imidazole rings is 1. The van der Waals surface area contributed by atoms with Gasteiger partial charge in [-0.3, -0.25) is 18.7 Å². The molecule has 8 heteroatoms. The Labute approximate surface area is 149 Å². The van der Waals surface area contributed by atoms with Crippen molar-refractivity contribution < 1.29 is 9.53 Å². The van der Waals surface area contributed by atoms with E-state index in [4.69, 9.17) is 4.74 Å². The average molecular weight is 356 g/mol. The maximum atomic E-state index is 12.8. The molecule has 1 aromatic carbocycles. The summed E-state index contributed by atoms with van der Waals surface area (Å²) in [7, 11) is 2.95. The molecule has 0 bridgehead atoms. The third kappa shape index (κ3) is 2.73. The normalized spacial score (nSPS) is 12.3. The zero-order chi connectivity index (χ0) is 19.0. The van der Waals surface area contributed by atoms with Crippen LogP contribution in [-0.2, 0) is 14.1 Å². The minimum Gasteiger partial charge on any atom is -0.494 e. The lowest BCUT2D eigenvalue weighted by Gasteiger charge is -2.14. The molecule has 0 radical (unpaired) electrons. The quantitative estimate of drug-likeness (QED) is 0.643. The molecule has 0 spiro atoms. The average Bonchev–Trinajstić information content (AvgIpc) is 3.09. The van der Waals surface area contributed by atoms with Crippen molar-refractivity contribution >= 4 is 16.9 Å². The Balaban J connectivity index is 2.05. The Hall–Kier alpha value is -3.16. The van der Waals surface area contributed by atoms with Gasteiger partial charge in [0.1, 0.15) is 5.75 Å². The van der Waals surface area contributed by atoms with Gasteiger partial charge in [0.05, 0.1) is 19.0 Å². The fraction of sp³-hybridized carbons (Fsp3) is 0.333. The monoisotopic (exact) mass is 356 g/mol. The van der Waals surface area contributed by atoms with E-state index in [2.05, 4.69) is 4.98 Å². The van der Waals surface area contributed by atoms with Crippen LogP contribution in [0, 0.1) is 0 Å². The van der Waals surface area contributed by atoms with Crippen LogP contribution in [0.4, 0.5) is 0 Å². The number of aryl methyl sites for hydroxylation is 1. The second-order valence-corrected chi connectivity index (χ2v) is 6.03. The van der Waals surface area contributed by atoms with Gasteiger partial charge < -0.3 is 9.30 Å². The number of Topliss-reactive ketones (excluding diaryl/α,β-unsaturated/α-hetero) is 1. The summed E-state index contributed by atoms with van der Waals surface area (Å²) in [6, 6.07) is 6.20. The van der Waals surface area contributed by atoms with Crippen LogP contribution in [0.3, 0.4) is 0 Å². The number of carbonyl (C=O) groups is 1. The van der Waals surface area contributed by atoms with E-state index in [0.717, 1.165) is 4.57 Å². The number of ether oxygens (including phenoxy) is 1. The van der Waals surface area contributed by atoms with E-state index in [0.29, 0.717) is 17.9 Å². The molecule has 3 aromatic rings. The number of ketones is 1. The molecule has 0 saturated carbocycles. The number of nitrogens with zero attached hydrogens (tertiary/aromatic N) is 4. The highest BCUT2D eigenvalue weighted by Gasteiger charge is 2.22. The lowest BCUT2D eigenvalue weighted by Crippen LogP contribution is -2.38. The van der Waals surface area contributed by atoms with E-state index >= 15 is 0 Å². The van der Waals surface area contributed by atoms with Crippen LogP contribution >= 0.6 is 0 Å². The number of carbonyl (C=O) groups excluding carboxylic acids is 1. The van der Waals surface area contributed by atoms with E-state index < -0.39 is 17.3 Å².